The minimum Gasteiger partial charge on any atom is -0.330 e. The van der Waals surface area contributed by atoms with Crippen LogP contribution in [-0.4, -0.2) is 12.5 Å². The zero-order valence-electron chi connectivity index (χ0n) is 10.9. The predicted molar refractivity (Wildman–Crippen MR) is 75.2 cm³/mol. The Morgan fingerprint density at radius 1 is 1.45 bits per heavy atom. The van der Waals surface area contributed by atoms with Gasteiger partial charge in [0.2, 0.25) is 5.91 Å². The third-order valence-electron chi connectivity index (χ3n) is 2.95. The molecule has 1 rings (SSSR count). The number of halogens is 4. The Morgan fingerprint density at radius 2 is 2.10 bits per heavy atom. The Hall–Kier alpha value is -1.08. The third-order valence-corrected chi connectivity index (χ3v) is 3.44. The zero-order chi connectivity index (χ0) is 15.3. The quantitative estimate of drug-likeness (QED) is 0.847. The lowest BCUT2D eigenvalue weighted by Gasteiger charge is -2.16. The second-order valence-electron chi connectivity index (χ2n) is 4.45. The molecule has 0 heterocycles. The molecule has 0 fully saturated rings. The first-order valence-electron chi connectivity index (χ1n) is 6.14. The molecule has 0 bridgehead atoms. The largest absolute Gasteiger partial charge is 0.418 e. The molecule has 0 saturated carbocycles. The lowest BCUT2D eigenvalue weighted by atomic mass is 10.0. The zero-order valence-corrected chi connectivity index (χ0v) is 12.5. The molecule has 0 aliphatic heterocycles. The van der Waals surface area contributed by atoms with Crippen LogP contribution in [0, 0.1) is 5.92 Å². The normalized spacial score (nSPS) is 13.1. The number of carbonyl (C=O) groups is 1. The van der Waals surface area contributed by atoms with Gasteiger partial charge in [0.1, 0.15) is 0 Å². The fourth-order valence-corrected chi connectivity index (χ4v) is 2.08. The van der Waals surface area contributed by atoms with Crippen molar-refractivity contribution in [3.63, 3.8) is 0 Å². The number of nitrogens with two attached hydrogens (primary N) is 1. The predicted octanol–water partition coefficient (Wildman–Crippen LogP) is 3.78. The van der Waals surface area contributed by atoms with Crippen LogP contribution < -0.4 is 11.1 Å². The molecule has 112 valence electrons. The second-order valence-corrected chi connectivity index (χ2v) is 5.37. The van der Waals surface area contributed by atoms with Gasteiger partial charge >= 0.3 is 6.18 Å². The molecule has 20 heavy (non-hydrogen) atoms. The highest BCUT2D eigenvalue weighted by molar-refractivity contribution is 9.10. The average Bonchev–Trinajstić information content (AvgIpc) is 2.36. The van der Waals surface area contributed by atoms with E-state index in [-0.39, 0.29) is 18.0 Å². The first-order valence-corrected chi connectivity index (χ1v) is 6.93. The number of nitrogens with one attached hydrogen (secondary N) is 1. The van der Waals surface area contributed by atoms with Gasteiger partial charge in [0.25, 0.3) is 0 Å². The Kier molecular flexibility index (Phi) is 6.01. The maximum Gasteiger partial charge on any atom is 0.418 e. The summed E-state index contributed by atoms with van der Waals surface area (Å²) in [6.45, 7) is 2.21. The molecular weight excluding hydrogens is 337 g/mol. The highest BCUT2D eigenvalue weighted by Gasteiger charge is 2.34. The number of carbonyl (C=O) groups excluding carboxylic acids is 1. The molecular formula is C13H16BrF3N2O. The number of alkyl halides is 3. The summed E-state index contributed by atoms with van der Waals surface area (Å²) < 4.78 is 38.9. The van der Waals surface area contributed by atoms with Gasteiger partial charge in [-0.3, -0.25) is 4.79 Å². The smallest absolute Gasteiger partial charge is 0.330 e. The van der Waals surface area contributed by atoms with Crippen molar-refractivity contribution in [2.24, 2.45) is 11.7 Å². The second kappa shape index (κ2) is 7.08. The lowest BCUT2D eigenvalue weighted by molar-refractivity contribution is -0.137. The maximum atomic E-state index is 12.9. The molecule has 0 saturated heterocycles. The van der Waals surface area contributed by atoms with Gasteiger partial charge in [-0.15, -0.1) is 0 Å². The Bertz CT molecular complexity index is 473. The first kappa shape index (κ1) is 17.0. The van der Waals surface area contributed by atoms with Crippen LogP contribution in [-0.2, 0) is 11.0 Å². The van der Waals surface area contributed by atoms with Crippen LogP contribution >= 0.6 is 15.9 Å². The minimum absolute atomic E-state index is 0.0280. The molecule has 3 nitrogen and oxygen atoms in total. The summed E-state index contributed by atoms with van der Waals surface area (Å²) in [5.74, 6) is -0.491. The van der Waals surface area contributed by atoms with Gasteiger partial charge in [0, 0.05) is 10.9 Å². The van der Waals surface area contributed by atoms with E-state index in [1.807, 2.05) is 6.92 Å². The summed E-state index contributed by atoms with van der Waals surface area (Å²) in [7, 11) is 0. The topological polar surface area (TPSA) is 55.1 Å². The summed E-state index contributed by atoms with van der Waals surface area (Å²) in [6, 6.07) is 3.62. The number of benzene rings is 1. The molecule has 1 unspecified atom stereocenters. The van der Waals surface area contributed by atoms with Crippen LogP contribution in [0.3, 0.4) is 0 Å². The number of hydrogen-bond donors (Lipinski definition) is 2. The summed E-state index contributed by atoms with van der Waals surface area (Å²) in [5.41, 5.74) is 4.37. The minimum atomic E-state index is -4.52. The SMILES string of the molecule is CCC(CN)CC(=O)Nc1ccc(Br)cc1C(F)(F)F. The van der Waals surface area contributed by atoms with Crippen molar-refractivity contribution in [3.05, 3.63) is 28.2 Å². The van der Waals surface area contributed by atoms with Crippen LogP contribution in [0.1, 0.15) is 25.3 Å². The molecule has 1 aromatic rings. The van der Waals surface area contributed by atoms with E-state index in [2.05, 4.69) is 21.2 Å². The van der Waals surface area contributed by atoms with Crippen molar-refractivity contribution < 1.29 is 18.0 Å². The van der Waals surface area contributed by atoms with E-state index in [0.29, 0.717) is 17.4 Å². The highest BCUT2D eigenvalue weighted by Crippen LogP contribution is 2.36. The van der Waals surface area contributed by atoms with Crippen molar-refractivity contribution in [2.75, 3.05) is 11.9 Å². The van der Waals surface area contributed by atoms with Crippen molar-refractivity contribution in [2.45, 2.75) is 25.9 Å². The van der Waals surface area contributed by atoms with E-state index in [9.17, 15) is 18.0 Å². The van der Waals surface area contributed by atoms with Crippen molar-refractivity contribution in [3.8, 4) is 0 Å². The number of hydrogen-bond acceptors (Lipinski definition) is 2. The van der Waals surface area contributed by atoms with E-state index in [4.69, 9.17) is 5.73 Å². The molecule has 0 aliphatic rings. The van der Waals surface area contributed by atoms with Gasteiger partial charge in [-0.25, -0.2) is 0 Å². The van der Waals surface area contributed by atoms with Gasteiger partial charge in [-0.05, 0) is 30.7 Å². The van der Waals surface area contributed by atoms with Crippen LogP contribution in [0.5, 0.6) is 0 Å². The monoisotopic (exact) mass is 352 g/mol. The molecule has 7 heteroatoms. The van der Waals surface area contributed by atoms with Crippen molar-refractivity contribution >= 4 is 27.5 Å². The standard InChI is InChI=1S/C13H16BrF3N2O/c1-2-8(7-18)5-12(20)19-11-4-3-9(14)6-10(11)13(15,16)17/h3-4,6,8H,2,5,7,18H2,1H3,(H,19,20). The fraction of sp³-hybridized carbons (Fsp3) is 0.462. The van der Waals surface area contributed by atoms with E-state index in [0.717, 1.165) is 6.07 Å². The van der Waals surface area contributed by atoms with Gasteiger partial charge in [0.05, 0.1) is 11.3 Å². The van der Waals surface area contributed by atoms with Gasteiger partial charge in [0.15, 0.2) is 0 Å². The molecule has 0 aromatic heterocycles. The van der Waals surface area contributed by atoms with Gasteiger partial charge in [-0.2, -0.15) is 13.2 Å². The van der Waals surface area contributed by atoms with Crippen molar-refractivity contribution in [1.82, 2.24) is 0 Å². The van der Waals surface area contributed by atoms with E-state index in [1.54, 1.807) is 0 Å². The molecule has 1 amide bonds. The number of amides is 1. The maximum absolute atomic E-state index is 12.9. The molecule has 3 N–H and O–H groups in total. The van der Waals surface area contributed by atoms with Crippen molar-refractivity contribution in [1.29, 1.82) is 0 Å². The van der Waals surface area contributed by atoms with Gasteiger partial charge in [-0.1, -0.05) is 29.3 Å². The van der Waals surface area contributed by atoms with Crippen LogP contribution in [0.15, 0.2) is 22.7 Å². The average molecular weight is 353 g/mol. The molecule has 1 atom stereocenters. The highest BCUT2D eigenvalue weighted by atomic mass is 79.9. The molecule has 0 aliphatic carbocycles. The van der Waals surface area contributed by atoms with Crippen LogP contribution in [0.4, 0.5) is 18.9 Å². The molecule has 0 radical (unpaired) electrons. The van der Waals surface area contributed by atoms with Gasteiger partial charge < -0.3 is 11.1 Å². The Labute approximate surface area is 123 Å². The summed E-state index contributed by atoms with van der Waals surface area (Å²) >= 11 is 2.99. The molecule has 1 aromatic carbocycles. The Morgan fingerprint density at radius 3 is 2.60 bits per heavy atom. The van der Waals surface area contributed by atoms with E-state index in [1.165, 1.54) is 12.1 Å². The fourth-order valence-electron chi connectivity index (χ4n) is 1.72. The molecule has 0 spiro atoms. The summed E-state index contributed by atoms with van der Waals surface area (Å²) in [5, 5.41) is 2.31. The number of rotatable bonds is 5. The number of anilines is 1. The summed E-state index contributed by atoms with van der Waals surface area (Å²) in [6.07, 6.45) is -3.71. The third kappa shape index (κ3) is 4.79. The first-order chi connectivity index (χ1) is 9.27. The lowest BCUT2D eigenvalue weighted by Crippen LogP contribution is -2.23. The summed E-state index contributed by atoms with van der Waals surface area (Å²) in [4.78, 5) is 11.8. The van der Waals surface area contributed by atoms with Crippen LogP contribution in [0.25, 0.3) is 0 Å². The van der Waals surface area contributed by atoms with Crippen LogP contribution in [0.2, 0.25) is 0 Å². The van der Waals surface area contributed by atoms with E-state index < -0.39 is 17.6 Å². The van der Waals surface area contributed by atoms with E-state index >= 15 is 0 Å². The Balaban J connectivity index is 2.90.